The van der Waals surface area contributed by atoms with E-state index in [1.54, 1.807) is 20.8 Å². The van der Waals surface area contributed by atoms with Gasteiger partial charge in [0.15, 0.2) is 0 Å². The van der Waals surface area contributed by atoms with E-state index in [2.05, 4.69) is 0 Å². The molecule has 0 aliphatic carbocycles. The Bertz CT molecular complexity index is 436. The van der Waals surface area contributed by atoms with E-state index in [0.717, 1.165) is 11.8 Å². The molecule has 1 aliphatic rings. The molecule has 1 heterocycles. The van der Waals surface area contributed by atoms with Crippen LogP contribution in [0.1, 0.15) is 33.6 Å². The number of likely N-dealkylation sites (tertiary alicyclic amines) is 1. The quantitative estimate of drug-likeness (QED) is 0.820. The predicted molar refractivity (Wildman–Crippen MR) is 68.2 cm³/mol. The fraction of sp³-hybridized carbons (Fsp3) is 0.727. The Labute approximate surface area is 108 Å². The summed E-state index contributed by atoms with van der Waals surface area (Å²) in [4.78, 5) is 13.4. The van der Waals surface area contributed by atoms with Crippen molar-refractivity contribution in [3.8, 4) is 0 Å². The molecule has 7 heteroatoms. The molecule has 0 aromatic carbocycles. The van der Waals surface area contributed by atoms with Crippen molar-refractivity contribution in [2.45, 2.75) is 45.3 Å². The van der Waals surface area contributed by atoms with Gasteiger partial charge in [0.2, 0.25) is 10.0 Å². The smallest absolute Gasteiger partial charge is 0.410 e. The van der Waals surface area contributed by atoms with E-state index < -0.39 is 21.7 Å². The third kappa shape index (κ3) is 5.05. The van der Waals surface area contributed by atoms with E-state index in [1.165, 1.54) is 11.0 Å². The second-order valence-electron chi connectivity index (χ2n) is 5.30. The topological polar surface area (TPSA) is 89.7 Å². The summed E-state index contributed by atoms with van der Waals surface area (Å²) in [7, 11) is -3.66. The van der Waals surface area contributed by atoms with Crippen molar-refractivity contribution >= 4 is 16.1 Å². The molecule has 0 aromatic rings. The van der Waals surface area contributed by atoms with Gasteiger partial charge in [0, 0.05) is 12.0 Å². The largest absolute Gasteiger partial charge is 0.444 e. The Morgan fingerprint density at radius 1 is 1.44 bits per heavy atom. The second-order valence-corrected chi connectivity index (χ2v) is 6.75. The number of carbonyl (C=O) groups is 1. The lowest BCUT2D eigenvalue weighted by molar-refractivity contribution is 0.0256. The molecule has 1 amide bonds. The van der Waals surface area contributed by atoms with Crippen LogP contribution in [0, 0.1) is 0 Å². The Hall–Kier alpha value is -1.08. The number of hydrogen-bond donors (Lipinski definition) is 1. The number of amides is 1. The normalized spacial score (nSPS) is 21.6. The van der Waals surface area contributed by atoms with Crippen molar-refractivity contribution in [3.05, 3.63) is 11.5 Å². The van der Waals surface area contributed by atoms with Crippen molar-refractivity contribution in [3.63, 3.8) is 0 Å². The lowest BCUT2D eigenvalue weighted by Gasteiger charge is -2.27. The van der Waals surface area contributed by atoms with Crippen LogP contribution in [-0.4, -0.2) is 37.6 Å². The van der Waals surface area contributed by atoms with Gasteiger partial charge in [0.25, 0.3) is 0 Å². The predicted octanol–water partition coefficient (Wildman–Crippen LogP) is 1.19. The summed E-state index contributed by atoms with van der Waals surface area (Å²) >= 11 is 0. The van der Waals surface area contributed by atoms with Crippen molar-refractivity contribution in [2.24, 2.45) is 5.14 Å². The summed E-state index contributed by atoms with van der Waals surface area (Å²) in [5.41, 5.74) is -0.562. The van der Waals surface area contributed by atoms with Gasteiger partial charge in [-0.25, -0.2) is 18.4 Å². The Morgan fingerprint density at radius 3 is 2.56 bits per heavy atom. The number of nitrogens with zero attached hydrogens (tertiary/aromatic N) is 1. The SMILES string of the molecule is CC(C)(C)OC(=O)N1CCC[C@@H]1/C=C/S(N)(=O)=O. The van der Waals surface area contributed by atoms with E-state index in [9.17, 15) is 13.2 Å². The van der Waals surface area contributed by atoms with Gasteiger partial charge >= 0.3 is 6.09 Å². The lowest BCUT2D eigenvalue weighted by Crippen LogP contribution is -2.39. The number of primary sulfonamides is 1. The minimum Gasteiger partial charge on any atom is -0.444 e. The molecule has 0 aromatic heterocycles. The molecule has 0 unspecified atom stereocenters. The number of rotatable bonds is 2. The third-order valence-corrected chi connectivity index (χ3v) is 2.95. The van der Waals surface area contributed by atoms with Crippen LogP contribution in [-0.2, 0) is 14.8 Å². The highest BCUT2D eigenvalue weighted by molar-refractivity contribution is 7.92. The van der Waals surface area contributed by atoms with E-state index in [1.807, 2.05) is 0 Å². The Kier molecular flexibility index (Phi) is 4.39. The van der Waals surface area contributed by atoms with Crippen LogP contribution in [0.4, 0.5) is 4.79 Å². The maximum absolute atomic E-state index is 11.9. The van der Waals surface area contributed by atoms with Gasteiger partial charge in [0.05, 0.1) is 6.04 Å². The molecule has 2 N–H and O–H groups in total. The zero-order chi connectivity index (χ0) is 14.0. The summed E-state index contributed by atoms with van der Waals surface area (Å²) in [5, 5.41) is 5.82. The van der Waals surface area contributed by atoms with Crippen molar-refractivity contribution in [2.75, 3.05) is 6.54 Å². The molecule has 0 radical (unpaired) electrons. The summed E-state index contributed by atoms with van der Waals surface area (Å²) in [6, 6.07) is -0.266. The summed E-state index contributed by atoms with van der Waals surface area (Å²) in [6.45, 7) is 5.93. The van der Waals surface area contributed by atoms with Gasteiger partial charge in [-0.2, -0.15) is 0 Å². The van der Waals surface area contributed by atoms with Crippen LogP contribution in [0.5, 0.6) is 0 Å². The molecule has 1 saturated heterocycles. The van der Waals surface area contributed by atoms with Crippen LogP contribution < -0.4 is 5.14 Å². The van der Waals surface area contributed by atoms with E-state index >= 15 is 0 Å². The number of hydrogen-bond acceptors (Lipinski definition) is 4. The van der Waals surface area contributed by atoms with Crippen molar-refractivity contribution in [1.29, 1.82) is 0 Å². The number of ether oxygens (including phenoxy) is 1. The average Bonchev–Trinajstić information content (AvgIpc) is 2.58. The van der Waals surface area contributed by atoms with E-state index in [-0.39, 0.29) is 6.04 Å². The first-order valence-electron chi connectivity index (χ1n) is 5.79. The minimum atomic E-state index is -3.66. The van der Waals surface area contributed by atoms with Crippen molar-refractivity contribution in [1.82, 2.24) is 4.90 Å². The van der Waals surface area contributed by atoms with Crippen molar-refractivity contribution < 1.29 is 17.9 Å². The molecule has 18 heavy (non-hydrogen) atoms. The number of sulfonamides is 1. The molecule has 0 spiro atoms. The van der Waals surface area contributed by atoms with Crippen LogP contribution in [0.3, 0.4) is 0 Å². The molecule has 6 nitrogen and oxygen atoms in total. The van der Waals surface area contributed by atoms with Gasteiger partial charge in [-0.1, -0.05) is 0 Å². The molecule has 1 fully saturated rings. The van der Waals surface area contributed by atoms with Gasteiger partial charge in [-0.3, -0.25) is 0 Å². The first-order valence-corrected chi connectivity index (χ1v) is 7.40. The molecule has 104 valence electrons. The monoisotopic (exact) mass is 276 g/mol. The Balaban J connectivity index is 2.71. The zero-order valence-electron chi connectivity index (χ0n) is 10.9. The lowest BCUT2D eigenvalue weighted by atomic mass is 10.2. The fourth-order valence-electron chi connectivity index (χ4n) is 1.74. The highest BCUT2D eigenvalue weighted by atomic mass is 32.2. The zero-order valence-corrected chi connectivity index (χ0v) is 11.7. The summed E-state index contributed by atoms with van der Waals surface area (Å²) in [6.07, 6.45) is 2.54. The first kappa shape index (κ1) is 15.0. The second kappa shape index (κ2) is 5.27. The highest BCUT2D eigenvalue weighted by Crippen LogP contribution is 2.21. The van der Waals surface area contributed by atoms with Gasteiger partial charge in [-0.05, 0) is 39.7 Å². The molecule has 1 atom stereocenters. The standard InChI is InChI=1S/C11H20N2O4S/c1-11(2,3)17-10(14)13-7-4-5-9(13)6-8-18(12,15)16/h6,8-9H,4-5,7H2,1-3H3,(H2,12,15,16)/b8-6+/t9-/m1/s1. The maximum atomic E-state index is 11.9. The first-order chi connectivity index (χ1) is 8.08. The van der Waals surface area contributed by atoms with Crippen LogP contribution >= 0.6 is 0 Å². The number of nitrogens with two attached hydrogens (primary N) is 1. The maximum Gasteiger partial charge on any atom is 0.410 e. The van der Waals surface area contributed by atoms with E-state index in [0.29, 0.717) is 13.0 Å². The van der Waals surface area contributed by atoms with Crippen LogP contribution in [0.2, 0.25) is 0 Å². The molecular weight excluding hydrogens is 256 g/mol. The van der Waals surface area contributed by atoms with Gasteiger partial charge in [-0.15, -0.1) is 0 Å². The third-order valence-electron chi connectivity index (χ3n) is 2.42. The number of carbonyl (C=O) groups excluding carboxylic acids is 1. The summed E-state index contributed by atoms with van der Waals surface area (Å²) in [5.74, 6) is 0. The molecule has 0 bridgehead atoms. The van der Waals surface area contributed by atoms with Crippen LogP contribution in [0.25, 0.3) is 0 Å². The molecule has 0 saturated carbocycles. The summed E-state index contributed by atoms with van der Waals surface area (Å²) < 4.78 is 27.0. The van der Waals surface area contributed by atoms with Crippen LogP contribution in [0.15, 0.2) is 11.5 Å². The minimum absolute atomic E-state index is 0.266. The van der Waals surface area contributed by atoms with E-state index in [4.69, 9.17) is 9.88 Å². The molecule has 1 rings (SSSR count). The highest BCUT2D eigenvalue weighted by Gasteiger charge is 2.30. The molecule has 1 aliphatic heterocycles. The Morgan fingerprint density at radius 2 is 2.06 bits per heavy atom. The molecular formula is C11H20N2O4S. The van der Waals surface area contributed by atoms with Gasteiger partial charge in [0.1, 0.15) is 5.60 Å². The average molecular weight is 276 g/mol. The fourth-order valence-corrected chi connectivity index (χ4v) is 2.14. The van der Waals surface area contributed by atoms with Gasteiger partial charge < -0.3 is 9.64 Å².